The molecule has 0 fully saturated rings. The van der Waals surface area contributed by atoms with E-state index in [1.165, 1.54) is 22.7 Å². The van der Waals surface area contributed by atoms with Crippen molar-refractivity contribution < 1.29 is 26.7 Å². The number of halogens is 4. The molecule has 0 bridgehead atoms. The van der Waals surface area contributed by atoms with Crippen LogP contribution in [0.2, 0.25) is 0 Å². The second kappa shape index (κ2) is 16.9. The normalized spacial score (nSPS) is 10.9. The average molecular weight is 935 g/mol. The van der Waals surface area contributed by atoms with Gasteiger partial charge in [0.15, 0.2) is 0 Å². The van der Waals surface area contributed by atoms with E-state index in [4.69, 9.17) is 0 Å². The number of rotatable bonds is 6. The summed E-state index contributed by atoms with van der Waals surface area (Å²) in [5.41, 5.74) is 5.20. The second-order valence-corrected chi connectivity index (χ2v) is 14.3. The maximum absolute atomic E-state index is 9.84. The molecule has 4 aromatic carbocycles. The minimum absolute atomic E-state index is 0. The Hall–Kier alpha value is -2.51. The van der Waals surface area contributed by atoms with Gasteiger partial charge in [0, 0.05) is 79.8 Å². The van der Waals surface area contributed by atoms with Crippen LogP contribution in [0.5, 0.6) is 11.5 Å². The summed E-state index contributed by atoms with van der Waals surface area (Å²) < 4.78 is 3.73. The zero-order chi connectivity index (χ0) is 31.1. The first-order valence-electron chi connectivity index (χ1n) is 12.7. The average Bonchev–Trinajstić information content (AvgIpc) is 3.68. The topological polar surface area (TPSA) is 91.0 Å². The maximum Gasteiger partial charge on any atom is 0.209 e. The van der Waals surface area contributed by atoms with Crippen LogP contribution in [0.3, 0.4) is 0 Å². The molecule has 6 rings (SSSR count). The Balaban J connectivity index is 0.000000200. The molecule has 230 valence electrons. The molecule has 2 aromatic heterocycles. The molecule has 0 saturated carbocycles. The fraction of sp³-hybridized carbons (Fsp3) is 0. The van der Waals surface area contributed by atoms with Gasteiger partial charge in [0.2, 0.25) is 10.3 Å². The Bertz CT molecular complexity index is 1810. The minimum Gasteiger partial charge on any atom is -0.507 e. The van der Waals surface area contributed by atoms with Gasteiger partial charge in [-0.3, -0.25) is 0 Å². The summed E-state index contributed by atoms with van der Waals surface area (Å²) in [5.74, 6) is 0.366. The van der Waals surface area contributed by atoms with Crippen LogP contribution >= 0.6 is 86.4 Å². The Morgan fingerprint density at radius 2 is 0.889 bits per heavy atom. The summed E-state index contributed by atoms with van der Waals surface area (Å²) >= 11 is 16.4. The molecule has 0 amide bonds. The van der Waals surface area contributed by atoms with E-state index in [9.17, 15) is 10.2 Å². The largest absolute Gasteiger partial charge is 0.507 e. The van der Waals surface area contributed by atoms with Crippen LogP contribution in [0.15, 0.2) is 124 Å². The predicted octanol–water partition coefficient (Wildman–Crippen LogP) is 11.6. The molecule has 13 heteroatoms. The van der Waals surface area contributed by atoms with Gasteiger partial charge in [0.05, 0.1) is 11.4 Å². The van der Waals surface area contributed by atoms with Gasteiger partial charge >= 0.3 is 0 Å². The van der Waals surface area contributed by atoms with Crippen molar-refractivity contribution in [2.75, 3.05) is 0 Å². The number of hydrogen-bond acceptors (Lipinski definition) is 8. The number of aliphatic imine (C=N–C) groups is 2. The first-order chi connectivity index (χ1) is 21.2. The molecule has 2 N–H and O–H groups in total. The molecule has 0 saturated heterocycles. The Morgan fingerprint density at radius 3 is 1.24 bits per heavy atom. The fourth-order valence-electron chi connectivity index (χ4n) is 3.66. The van der Waals surface area contributed by atoms with Gasteiger partial charge in [-0.25, -0.2) is 20.0 Å². The quantitative estimate of drug-likeness (QED) is 0.129. The van der Waals surface area contributed by atoms with E-state index < -0.39 is 0 Å². The van der Waals surface area contributed by atoms with E-state index >= 15 is 0 Å². The molecule has 0 spiro atoms. The molecule has 45 heavy (non-hydrogen) atoms. The first-order valence-corrected chi connectivity index (χ1v) is 17.6. The van der Waals surface area contributed by atoms with Crippen LogP contribution in [-0.4, -0.2) is 32.6 Å². The monoisotopic (exact) mass is 930 g/mol. The van der Waals surface area contributed by atoms with Crippen molar-refractivity contribution >= 4 is 109 Å². The van der Waals surface area contributed by atoms with Crippen molar-refractivity contribution in [1.82, 2.24) is 9.97 Å². The van der Waals surface area contributed by atoms with Crippen molar-refractivity contribution in [1.29, 1.82) is 0 Å². The fourth-order valence-corrected chi connectivity index (χ4v) is 6.22. The third-order valence-corrected chi connectivity index (χ3v) is 9.42. The van der Waals surface area contributed by atoms with Crippen molar-refractivity contribution in [3.63, 3.8) is 0 Å². The number of benzene rings is 4. The van der Waals surface area contributed by atoms with E-state index in [1.54, 1.807) is 36.7 Å². The van der Waals surface area contributed by atoms with E-state index in [0.717, 1.165) is 40.4 Å². The zero-order valence-electron chi connectivity index (χ0n) is 22.7. The molecule has 0 aliphatic heterocycles. The van der Waals surface area contributed by atoms with Gasteiger partial charge in [-0.2, -0.15) is 0 Å². The summed E-state index contributed by atoms with van der Waals surface area (Å²) in [6.45, 7) is 0. The molecular formula is C32H20Br4N4NiO2S2. The number of hydrogen-bond donors (Lipinski definition) is 2. The summed E-state index contributed by atoms with van der Waals surface area (Å²) in [4.78, 5) is 17.6. The zero-order valence-corrected chi connectivity index (χ0v) is 31.7. The third kappa shape index (κ3) is 10.2. The van der Waals surface area contributed by atoms with E-state index in [2.05, 4.69) is 83.7 Å². The van der Waals surface area contributed by atoms with Crippen molar-refractivity contribution in [3.8, 4) is 34.0 Å². The number of nitrogens with zero attached hydrogens (tertiary/aromatic N) is 4. The molecule has 6 aromatic rings. The maximum atomic E-state index is 9.84. The van der Waals surface area contributed by atoms with Crippen LogP contribution in [0.4, 0.5) is 10.3 Å². The van der Waals surface area contributed by atoms with Crippen LogP contribution in [-0.2, 0) is 16.5 Å². The summed E-state index contributed by atoms with van der Waals surface area (Å²) in [6.07, 6.45) is 3.23. The molecule has 0 aliphatic carbocycles. The number of phenolic OH excluding ortho intramolecular Hbond substituents is 2. The van der Waals surface area contributed by atoms with E-state index in [0.29, 0.717) is 21.4 Å². The molecule has 2 heterocycles. The minimum atomic E-state index is 0. The number of phenols is 2. The number of aromatic hydroxyl groups is 2. The molecular weight excluding hydrogens is 915 g/mol. The Labute approximate surface area is 311 Å². The van der Waals surface area contributed by atoms with Crippen LogP contribution in [0.25, 0.3) is 22.5 Å². The van der Waals surface area contributed by atoms with E-state index in [1.807, 2.05) is 71.4 Å². The number of thiazole rings is 2. The Kier molecular flexibility index (Phi) is 13.3. The van der Waals surface area contributed by atoms with Crippen LogP contribution in [0.1, 0.15) is 11.1 Å². The van der Waals surface area contributed by atoms with Crippen molar-refractivity contribution in [2.24, 2.45) is 9.98 Å². The van der Waals surface area contributed by atoms with Gasteiger partial charge < -0.3 is 10.2 Å². The van der Waals surface area contributed by atoms with Gasteiger partial charge in [0.1, 0.15) is 11.5 Å². The van der Waals surface area contributed by atoms with Crippen molar-refractivity contribution in [2.45, 2.75) is 0 Å². The van der Waals surface area contributed by atoms with Crippen LogP contribution in [0, 0.1) is 0 Å². The van der Waals surface area contributed by atoms with E-state index in [-0.39, 0.29) is 28.0 Å². The van der Waals surface area contributed by atoms with Crippen LogP contribution < -0.4 is 0 Å². The van der Waals surface area contributed by atoms with Gasteiger partial charge in [-0.15, -0.1) is 22.7 Å². The first kappa shape index (κ1) is 35.3. The predicted molar refractivity (Wildman–Crippen MR) is 197 cm³/mol. The van der Waals surface area contributed by atoms with Gasteiger partial charge in [0.25, 0.3) is 0 Å². The molecule has 0 unspecified atom stereocenters. The smallest absolute Gasteiger partial charge is 0.209 e. The summed E-state index contributed by atoms with van der Waals surface area (Å²) in [7, 11) is 0. The third-order valence-electron chi connectivity index (χ3n) is 5.88. The summed E-state index contributed by atoms with van der Waals surface area (Å²) in [6, 6.07) is 26.5. The number of aromatic nitrogens is 2. The molecule has 0 atom stereocenters. The van der Waals surface area contributed by atoms with Crippen molar-refractivity contribution in [3.05, 3.63) is 125 Å². The SMILES string of the molecule is Oc1cc(Br)ccc1/C=N/c1nc(-c2ccc(Br)cc2)cs1.Oc1cc(Br)ccc1/C=N/c1nc(-c2ccc(Br)cc2)cs1.[Ni]. The second-order valence-electron chi connectivity index (χ2n) is 8.97. The van der Waals surface area contributed by atoms with Gasteiger partial charge in [-0.1, -0.05) is 88.0 Å². The molecule has 0 aliphatic rings. The standard InChI is InChI=1S/2C16H10Br2N2OS.Ni/c2*17-12-4-1-10(2-5-12)14-9-22-16(20-14)19-8-11-3-6-13(18)7-15(11)21;/h2*1-9,21H;/b2*19-8+;. The summed E-state index contributed by atoms with van der Waals surface area (Å²) in [5, 5.41) is 24.9. The molecule has 6 nitrogen and oxygen atoms in total. The van der Waals surface area contributed by atoms with Gasteiger partial charge in [-0.05, 0) is 60.7 Å². The molecule has 0 radical (unpaired) electrons. The Morgan fingerprint density at radius 1 is 0.533 bits per heavy atom.